The van der Waals surface area contributed by atoms with Crippen molar-refractivity contribution in [2.45, 2.75) is 53.0 Å². The number of hydrogen-bond donors (Lipinski definition) is 1. The van der Waals surface area contributed by atoms with Gasteiger partial charge in [-0.3, -0.25) is 9.69 Å². The van der Waals surface area contributed by atoms with Crippen LogP contribution in [-0.2, 0) is 0 Å². The molecular weight excluding hydrogens is 406 g/mol. The summed E-state index contributed by atoms with van der Waals surface area (Å²) in [6.07, 6.45) is 3.30. The van der Waals surface area contributed by atoms with E-state index in [1.54, 1.807) is 0 Å². The molecule has 1 N–H and O–H groups in total. The van der Waals surface area contributed by atoms with Crippen molar-refractivity contribution < 1.29 is 4.79 Å². The van der Waals surface area contributed by atoms with Gasteiger partial charge in [-0.05, 0) is 67.0 Å². The lowest BCUT2D eigenvalue weighted by atomic mass is 9.96. The van der Waals surface area contributed by atoms with Crippen LogP contribution in [0.25, 0.3) is 21.5 Å². The van der Waals surface area contributed by atoms with Gasteiger partial charge in [0, 0.05) is 25.7 Å². The molecule has 0 saturated carbocycles. The van der Waals surface area contributed by atoms with Gasteiger partial charge in [-0.15, -0.1) is 0 Å². The standard InChI is InChI=1S/C29H41N3O/c1-5-31(6-2)20-21-32(7-3)23(4)14-12-13-19-30-29(33)28-26-17-10-8-15-24(26)22-25-16-9-11-18-27(25)28/h8-11,15-18,22-23H,5-7,12-14,19-21H2,1-4H3,(H,30,33). The molecule has 0 saturated heterocycles. The Morgan fingerprint density at radius 1 is 0.848 bits per heavy atom. The van der Waals surface area contributed by atoms with Gasteiger partial charge in [0.05, 0.1) is 5.56 Å². The summed E-state index contributed by atoms with van der Waals surface area (Å²) >= 11 is 0. The SMILES string of the molecule is CCN(CC)CCN(CC)C(C)CCCCNC(=O)c1c2ccccc2cc2ccccc12. The third kappa shape index (κ3) is 6.55. The highest BCUT2D eigenvalue weighted by molar-refractivity contribution is 6.18. The van der Waals surface area contributed by atoms with Crippen LogP contribution in [0.4, 0.5) is 0 Å². The molecule has 0 aromatic heterocycles. The third-order valence-electron chi connectivity index (χ3n) is 6.96. The Balaban J connectivity index is 1.53. The van der Waals surface area contributed by atoms with Crippen LogP contribution in [0.1, 0.15) is 57.3 Å². The van der Waals surface area contributed by atoms with Crippen molar-refractivity contribution >= 4 is 27.5 Å². The number of benzene rings is 3. The zero-order valence-electron chi connectivity index (χ0n) is 20.9. The van der Waals surface area contributed by atoms with Crippen LogP contribution in [0.5, 0.6) is 0 Å². The van der Waals surface area contributed by atoms with Crippen molar-refractivity contribution in [1.82, 2.24) is 15.1 Å². The molecule has 178 valence electrons. The molecule has 3 rings (SSSR count). The molecule has 1 unspecified atom stereocenters. The number of amides is 1. The molecule has 4 heteroatoms. The Hall–Kier alpha value is -2.43. The van der Waals surface area contributed by atoms with Crippen LogP contribution in [0.15, 0.2) is 54.6 Å². The summed E-state index contributed by atoms with van der Waals surface area (Å²) in [6.45, 7) is 15.4. The minimum Gasteiger partial charge on any atom is -0.352 e. The maximum absolute atomic E-state index is 13.2. The number of unbranched alkanes of at least 4 members (excludes halogenated alkanes) is 1. The van der Waals surface area contributed by atoms with Crippen molar-refractivity contribution in [1.29, 1.82) is 0 Å². The Bertz CT molecular complexity index is 974. The van der Waals surface area contributed by atoms with Crippen LogP contribution in [0.3, 0.4) is 0 Å². The second kappa shape index (κ2) is 12.7. The van der Waals surface area contributed by atoms with Gasteiger partial charge in [0.15, 0.2) is 0 Å². The molecule has 0 bridgehead atoms. The molecule has 0 aliphatic rings. The second-order valence-electron chi connectivity index (χ2n) is 8.95. The third-order valence-corrected chi connectivity index (χ3v) is 6.96. The molecule has 0 spiro atoms. The van der Waals surface area contributed by atoms with E-state index in [2.05, 4.69) is 73.1 Å². The van der Waals surface area contributed by atoms with Gasteiger partial charge in [-0.1, -0.05) is 75.7 Å². The Morgan fingerprint density at radius 2 is 1.45 bits per heavy atom. The smallest absolute Gasteiger partial charge is 0.252 e. The normalized spacial score (nSPS) is 12.7. The molecule has 33 heavy (non-hydrogen) atoms. The number of carbonyl (C=O) groups is 1. The zero-order valence-corrected chi connectivity index (χ0v) is 20.9. The number of rotatable bonds is 13. The Labute approximate surface area is 199 Å². The number of hydrogen-bond acceptors (Lipinski definition) is 3. The number of carbonyl (C=O) groups excluding carboxylic acids is 1. The molecule has 1 amide bonds. The molecule has 4 nitrogen and oxygen atoms in total. The highest BCUT2D eigenvalue weighted by Crippen LogP contribution is 2.28. The van der Waals surface area contributed by atoms with Crippen LogP contribution in [0.2, 0.25) is 0 Å². The predicted molar refractivity (Wildman–Crippen MR) is 142 cm³/mol. The Morgan fingerprint density at radius 3 is 2.03 bits per heavy atom. The van der Waals surface area contributed by atoms with Crippen molar-refractivity contribution in [3.05, 3.63) is 60.2 Å². The summed E-state index contributed by atoms with van der Waals surface area (Å²) in [5.41, 5.74) is 0.797. The van der Waals surface area contributed by atoms with Gasteiger partial charge in [-0.25, -0.2) is 0 Å². The van der Waals surface area contributed by atoms with Crippen molar-refractivity contribution in [3.63, 3.8) is 0 Å². The maximum atomic E-state index is 13.2. The molecule has 1 atom stereocenters. The van der Waals surface area contributed by atoms with E-state index in [-0.39, 0.29) is 5.91 Å². The van der Waals surface area contributed by atoms with Crippen molar-refractivity contribution in [2.24, 2.45) is 0 Å². The lowest BCUT2D eigenvalue weighted by Crippen LogP contribution is -2.39. The van der Waals surface area contributed by atoms with Crippen LogP contribution < -0.4 is 5.32 Å². The first-order chi connectivity index (χ1) is 16.1. The number of fused-ring (bicyclic) bond motifs is 2. The molecule has 0 aliphatic carbocycles. The fourth-order valence-corrected chi connectivity index (χ4v) is 4.80. The first-order valence-corrected chi connectivity index (χ1v) is 12.7. The van der Waals surface area contributed by atoms with Crippen LogP contribution in [0, 0.1) is 0 Å². The van der Waals surface area contributed by atoms with Gasteiger partial charge in [0.1, 0.15) is 0 Å². The minimum atomic E-state index is 0.0328. The zero-order chi connectivity index (χ0) is 23.6. The molecular formula is C29H41N3O. The monoisotopic (exact) mass is 447 g/mol. The number of likely N-dealkylation sites (N-methyl/N-ethyl adjacent to an activating group) is 2. The van der Waals surface area contributed by atoms with Crippen LogP contribution in [-0.4, -0.2) is 61.0 Å². The molecule has 3 aromatic carbocycles. The lowest BCUT2D eigenvalue weighted by molar-refractivity contribution is 0.0956. The summed E-state index contributed by atoms with van der Waals surface area (Å²) in [6, 6.07) is 19.1. The summed E-state index contributed by atoms with van der Waals surface area (Å²) in [4.78, 5) is 18.3. The number of nitrogens with one attached hydrogen (secondary N) is 1. The predicted octanol–water partition coefficient (Wildman–Crippen LogP) is 5.95. The van der Waals surface area contributed by atoms with E-state index in [1.165, 1.54) is 6.42 Å². The van der Waals surface area contributed by atoms with E-state index < -0.39 is 0 Å². The lowest BCUT2D eigenvalue weighted by Gasteiger charge is -2.30. The average molecular weight is 448 g/mol. The molecule has 3 aromatic rings. The summed E-state index contributed by atoms with van der Waals surface area (Å²) in [7, 11) is 0. The first-order valence-electron chi connectivity index (χ1n) is 12.7. The molecule has 0 heterocycles. The Kier molecular flexibility index (Phi) is 9.71. The average Bonchev–Trinajstić information content (AvgIpc) is 2.84. The van der Waals surface area contributed by atoms with Gasteiger partial charge in [0.25, 0.3) is 5.91 Å². The van der Waals surface area contributed by atoms with E-state index in [4.69, 9.17) is 0 Å². The summed E-state index contributed by atoms with van der Waals surface area (Å²) < 4.78 is 0. The van der Waals surface area contributed by atoms with Gasteiger partial charge < -0.3 is 10.2 Å². The molecule has 0 radical (unpaired) electrons. The minimum absolute atomic E-state index is 0.0328. The highest BCUT2D eigenvalue weighted by Gasteiger charge is 2.15. The topological polar surface area (TPSA) is 35.6 Å². The highest BCUT2D eigenvalue weighted by atomic mass is 16.1. The van der Waals surface area contributed by atoms with E-state index in [0.29, 0.717) is 12.6 Å². The fourth-order valence-electron chi connectivity index (χ4n) is 4.80. The van der Waals surface area contributed by atoms with E-state index in [0.717, 1.165) is 72.7 Å². The van der Waals surface area contributed by atoms with E-state index in [1.807, 2.05) is 24.3 Å². The molecule has 0 fully saturated rings. The van der Waals surface area contributed by atoms with Gasteiger partial charge in [0.2, 0.25) is 0 Å². The van der Waals surface area contributed by atoms with Crippen molar-refractivity contribution in [3.8, 4) is 0 Å². The van der Waals surface area contributed by atoms with Gasteiger partial charge in [-0.2, -0.15) is 0 Å². The largest absolute Gasteiger partial charge is 0.352 e. The molecule has 0 aliphatic heterocycles. The van der Waals surface area contributed by atoms with Crippen molar-refractivity contribution in [2.75, 3.05) is 39.3 Å². The van der Waals surface area contributed by atoms with Gasteiger partial charge >= 0.3 is 0 Å². The number of nitrogens with zero attached hydrogens (tertiary/aromatic N) is 2. The van der Waals surface area contributed by atoms with Crippen LogP contribution >= 0.6 is 0 Å². The fraction of sp³-hybridized carbons (Fsp3) is 0.483. The van der Waals surface area contributed by atoms with E-state index in [9.17, 15) is 4.79 Å². The first kappa shape index (κ1) is 25.2. The quantitative estimate of drug-likeness (QED) is 0.260. The summed E-state index contributed by atoms with van der Waals surface area (Å²) in [5.74, 6) is 0.0328. The maximum Gasteiger partial charge on any atom is 0.252 e. The summed E-state index contributed by atoms with van der Waals surface area (Å²) in [5, 5.41) is 7.46. The second-order valence-corrected chi connectivity index (χ2v) is 8.95. The van der Waals surface area contributed by atoms with E-state index >= 15 is 0 Å².